The molecule has 1 heterocycles. The van der Waals surface area contributed by atoms with Crippen LogP contribution in [0, 0.1) is 6.92 Å². The third-order valence-corrected chi connectivity index (χ3v) is 7.25. The van der Waals surface area contributed by atoms with E-state index < -0.39 is 0 Å². The van der Waals surface area contributed by atoms with Gasteiger partial charge in [0.1, 0.15) is 0 Å². The summed E-state index contributed by atoms with van der Waals surface area (Å²) in [5.74, 6) is 0. The molecule has 0 saturated carbocycles. The second kappa shape index (κ2) is 8.65. The van der Waals surface area contributed by atoms with E-state index in [2.05, 4.69) is 90.6 Å². The Morgan fingerprint density at radius 1 is 1.03 bits per heavy atom. The summed E-state index contributed by atoms with van der Waals surface area (Å²) in [7, 11) is 0.921. The molecule has 29 heavy (non-hydrogen) atoms. The number of benzene rings is 2. The first-order valence-electron chi connectivity index (χ1n) is 11.1. The van der Waals surface area contributed by atoms with Gasteiger partial charge in [-0.15, -0.1) is 8.58 Å². The van der Waals surface area contributed by atoms with Crippen LogP contribution in [0.25, 0.3) is 17.2 Å². The summed E-state index contributed by atoms with van der Waals surface area (Å²) < 4.78 is 0. The van der Waals surface area contributed by atoms with E-state index in [1.807, 2.05) is 0 Å². The highest BCUT2D eigenvalue weighted by molar-refractivity contribution is 7.39. The van der Waals surface area contributed by atoms with E-state index in [0.29, 0.717) is 5.16 Å². The van der Waals surface area contributed by atoms with Crippen molar-refractivity contribution in [2.24, 2.45) is 0 Å². The second-order valence-electron chi connectivity index (χ2n) is 9.61. The monoisotopic (exact) mass is 407 g/mol. The summed E-state index contributed by atoms with van der Waals surface area (Å²) in [5, 5.41) is 0.364. The first-order valence-corrected chi connectivity index (χ1v) is 12.3. The van der Waals surface area contributed by atoms with Gasteiger partial charge in [0, 0.05) is 6.54 Å². The van der Waals surface area contributed by atoms with Crippen LogP contribution in [-0.2, 0) is 12.6 Å². The van der Waals surface area contributed by atoms with Crippen molar-refractivity contribution in [1.82, 2.24) is 0 Å². The van der Waals surface area contributed by atoms with Crippen LogP contribution in [0.5, 0.6) is 0 Å². The number of anilines is 2. The number of rotatable bonds is 7. The van der Waals surface area contributed by atoms with Gasteiger partial charge >= 0.3 is 0 Å². The lowest BCUT2D eigenvalue weighted by Gasteiger charge is -2.21. The minimum absolute atomic E-state index is 0.364. The Labute approximate surface area is 180 Å². The van der Waals surface area contributed by atoms with Gasteiger partial charge in [0.25, 0.3) is 0 Å². The van der Waals surface area contributed by atoms with Crippen molar-refractivity contribution in [1.29, 1.82) is 0 Å². The molecule has 156 valence electrons. The van der Waals surface area contributed by atoms with Gasteiger partial charge in [-0.05, 0) is 78.8 Å². The third kappa shape index (κ3) is 4.77. The molecule has 0 bridgehead atoms. The molecule has 0 fully saturated rings. The molecule has 2 aromatic carbocycles. The van der Waals surface area contributed by atoms with Crippen LogP contribution < -0.4 is 4.90 Å². The van der Waals surface area contributed by atoms with E-state index in [0.717, 1.165) is 27.7 Å². The van der Waals surface area contributed by atoms with Gasteiger partial charge in [0.15, 0.2) is 0 Å². The molecule has 0 aromatic heterocycles. The lowest BCUT2D eigenvalue weighted by atomic mass is 9.90. The van der Waals surface area contributed by atoms with Crippen LogP contribution in [0.1, 0.15) is 77.1 Å². The van der Waals surface area contributed by atoms with Gasteiger partial charge in [0.2, 0.25) is 0 Å². The summed E-state index contributed by atoms with van der Waals surface area (Å²) in [6, 6.07) is 9.38. The number of fused-ring (bicyclic) bond motifs is 1. The molecule has 3 rings (SSSR count). The fraction of sp³-hybridized carbons (Fsp3) is 0.481. The lowest BCUT2D eigenvalue weighted by Crippen LogP contribution is -2.06. The number of aryl methyl sites for hydroxylation is 1. The first-order chi connectivity index (χ1) is 13.7. The summed E-state index contributed by atoms with van der Waals surface area (Å²) in [4.78, 5) is 2.52. The van der Waals surface area contributed by atoms with Gasteiger partial charge < -0.3 is 4.90 Å². The second-order valence-corrected chi connectivity index (χ2v) is 11.8. The maximum absolute atomic E-state index is 2.52. The van der Waals surface area contributed by atoms with E-state index in [1.54, 1.807) is 5.56 Å². The lowest BCUT2D eigenvalue weighted by molar-refractivity contribution is 0.792. The molecule has 0 radical (unpaired) electrons. The highest BCUT2D eigenvalue weighted by atomic mass is 31.1. The predicted molar refractivity (Wildman–Crippen MR) is 134 cm³/mol. The normalized spacial score (nSPS) is 13.2. The van der Waals surface area contributed by atoms with Crippen LogP contribution >= 0.6 is 8.58 Å². The Hall–Kier alpha value is -1.59. The molecule has 0 N–H and O–H groups in total. The van der Waals surface area contributed by atoms with E-state index in [1.165, 1.54) is 51.2 Å². The van der Waals surface area contributed by atoms with E-state index in [-0.39, 0.29) is 0 Å². The molecule has 1 nitrogen and oxygen atoms in total. The topological polar surface area (TPSA) is 3.01 Å². The Morgan fingerprint density at radius 2 is 1.69 bits per heavy atom. The fourth-order valence-corrected chi connectivity index (χ4v) is 5.30. The van der Waals surface area contributed by atoms with Gasteiger partial charge in [-0.3, -0.25) is 0 Å². The number of allylic oxidation sites excluding steroid dienone is 1. The molecule has 1 unspecified atom stereocenters. The average Bonchev–Trinajstić information content (AvgIpc) is 3.37. The Morgan fingerprint density at radius 3 is 2.21 bits per heavy atom. The Kier molecular flexibility index (Phi) is 6.59. The van der Waals surface area contributed by atoms with Gasteiger partial charge in [-0.1, -0.05) is 70.0 Å². The minimum Gasteiger partial charge on any atom is -0.338 e. The largest absolute Gasteiger partial charge is 0.338 e. The van der Waals surface area contributed by atoms with E-state index in [4.69, 9.17) is 0 Å². The zero-order chi connectivity index (χ0) is 21.3. The van der Waals surface area contributed by atoms with Crippen molar-refractivity contribution in [2.45, 2.75) is 79.5 Å². The maximum atomic E-state index is 2.52. The molecular weight excluding hydrogens is 369 g/mol. The van der Waals surface area contributed by atoms with Crippen molar-refractivity contribution < 1.29 is 0 Å². The van der Waals surface area contributed by atoms with Crippen LogP contribution in [0.2, 0.25) is 0 Å². The molecule has 2 aromatic rings. The molecular formula is C27H38NP. The third-order valence-electron chi connectivity index (χ3n) is 5.66. The van der Waals surface area contributed by atoms with Gasteiger partial charge in [-0.2, -0.15) is 0 Å². The number of nitrogens with zero attached hydrogens (tertiary/aromatic N) is 1. The summed E-state index contributed by atoms with van der Waals surface area (Å²) in [6.45, 7) is 19.4. The zero-order valence-electron chi connectivity index (χ0n) is 19.7. The Bertz CT molecular complexity index is 909. The highest BCUT2D eigenvalue weighted by Gasteiger charge is 2.37. The van der Waals surface area contributed by atoms with Crippen molar-refractivity contribution in [3.05, 3.63) is 52.1 Å². The van der Waals surface area contributed by atoms with Crippen molar-refractivity contribution in [3.8, 4) is 11.1 Å². The van der Waals surface area contributed by atoms with Gasteiger partial charge in [-0.25, -0.2) is 0 Å². The minimum atomic E-state index is 0.364. The van der Waals surface area contributed by atoms with Crippen LogP contribution in [0.3, 0.4) is 0 Å². The number of hydrogen-bond donors (Lipinski definition) is 0. The maximum Gasteiger partial charge on any atom is 0.0698 e. The highest BCUT2D eigenvalue weighted by Crippen LogP contribution is 2.59. The molecule has 1 aliphatic heterocycles. The summed E-state index contributed by atoms with van der Waals surface area (Å²) in [5.41, 5.74) is 13.1. The zero-order valence-corrected chi connectivity index (χ0v) is 20.7. The van der Waals surface area contributed by atoms with Gasteiger partial charge in [0.05, 0.1) is 11.4 Å². The van der Waals surface area contributed by atoms with E-state index in [9.17, 15) is 0 Å². The Balaban J connectivity index is 2.21. The summed E-state index contributed by atoms with van der Waals surface area (Å²) in [6.07, 6.45) is 5.93. The molecule has 0 spiro atoms. The van der Waals surface area contributed by atoms with E-state index >= 15 is 0 Å². The quantitative estimate of drug-likeness (QED) is 0.328. The van der Waals surface area contributed by atoms with Crippen molar-refractivity contribution >= 4 is 26.0 Å². The molecule has 1 aliphatic rings. The molecule has 2 heteroatoms. The average molecular weight is 408 g/mol. The number of hydrogen-bond acceptors (Lipinski definition) is 1. The molecule has 1 atom stereocenters. The predicted octanol–water partition coefficient (Wildman–Crippen LogP) is 8.49. The van der Waals surface area contributed by atoms with Crippen LogP contribution in [-0.4, -0.2) is 11.7 Å². The molecule has 0 aliphatic carbocycles. The SMILES string of the molecule is CCCc1ccc(-c2c(C=C(C)C)c(C)c3c(c2CPC(C)(C)C)N3CC)cc1. The first kappa shape index (κ1) is 22.1. The van der Waals surface area contributed by atoms with Crippen molar-refractivity contribution in [3.63, 3.8) is 0 Å². The molecule has 0 saturated heterocycles. The molecule has 0 amide bonds. The fourth-order valence-electron chi connectivity index (χ4n) is 4.25. The van der Waals surface area contributed by atoms with Crippen molar-refractivity contribution in [2.75, 3.05) is 11.4 Å². The standard InChI is InChI=1S/C27H38NP/c1-9-11-20-12-14-21(15-13-20)24-22(16-18(3)4)19(5)25-26(28(25)10-2)23(24)17-29-27(6,7)8/h12-16,29H,9-11,17H2,1-8H3. The van der Waals surface area contributed by atoms with Crippen LogP contribution in [0.15, 0.2) is 29.8 Å². The van der Waals surface area contributed by atoms with Crippen LogP contribution in [0.4, 0.5) is 11.4 Å². The summed E-state index contributed by atoms with van der Waals surface area (Å²) >= 11 is 0. The smallest absolute Gasteiger partial charge is 0.0698 e.